The van der Waals surface area contributed by atoms with Gasteiger partial charge in [0.05, 0.1) is 0 Å². The number of nitrogens with zero attached hydrogens (tertiary/aromatic N) is 2. The van der Waals surface area contributed by atoms with Gasteiger partial charge in [-0.15, -0.1) is 6.42 Å². The molecule has 0 fully saturated rings. The molecule has 0 aromatic carbocycles. The Balaban J connectivity index is 2.30. The molecule has 0 atom stereocenters. The third kappa shape index (κ3) is 4.32. The number of hydrogen-bond donors (Lipinski definition) is 0. The normalized spacial score (nSPS) is 11.3. The van der Waals surface area contributed by atoms with E-state index in [4.69, 9.17) is 11.2 Å². The molecule has 82 valence electrons. The first-order valence-corrected chi connectivity index (χ1v) is 8.79. The SMILES string of the molecule is C#Cc1nccn1COCC[Si](C)(C)C. The topological polar surface area (TPSA) is 27.1 Å². The van der Waals surface area contributed by atoms with Gasteiger partial charge in [0.25, 0.3) is 0 Å². The Morgan fingerprint density at radius 2 is 2.27 bits per heavy atom. The molecule has 1 aromatic rings. The van der Waals surface area contributed by atoms with E-state index in [0.29, 0.717) is 12.6 Å². The van der Waals surface area contributed by atoms with Gasteiger partial charge in [-0.25, -0.2) is 4.98 Å². The highest BCUT2D eigenvalue weighted by Crippen LogP contribution is 2.08. The van der Waals surface area contributed by atoms with Crippen molar-refractivity contribution in [2.45, 2.75) is 32.4 Å². The molecular weight excluding hydrogens is 204 g/mol. The maximum Gasteiger partial charge on any atom is 0.186 e. The highest BCUT2D eigenvalue weighted by atomic mass is 28.3. The van der Waals surface area contributed by atoms with Gasteiger partial charge in [-0.2, -0.15) is 0 Å². The second kappa shape index (κ2) is 5.15. The maximum absolute atomic E-state index is 5.56. The Labute approximate surface area is 92.5 Å². The van der Waals surface area contributed by atoms with Crippen LogP contribution in [-0.4, -0.2) is 24.2 Å². The van der Waals surface area contributed by atoms with Gasteiger partial charge in [-0.05, 0) is 12.0 Å². The molecule has 0 bridgehead atoms. The summed E-state index contributed by atoms with van der Waals surface area (Å²) in [5, 5.41) is 0. The molecule has 0 unspecified atom stereocenters. The second-order valence-electron chi connectivity index (χ2n) is 4.71. The summed E-state index contributed by atoms with van der Waals surface area (Å²) in [6, 6.07) is 1.17. The third-order valence-electron chi connectivity index (χ3n) is 2.07. The van der Waals surface area contributed by atoms with Crippen molar-refractivity contribution in [2.24, 2.45) is 0 Å². The van der Waals surface area contributed by atoms with Gasteiger partial charge in [-0.3, -0.25) is 0 Å². The van der Waals surface area contributed by atoms with Gasteiger partial charge in [0.2, 0.25) is 0 Å². The Kier molecular flexibility index (Phi) is 4.12. The van der Waals surface area contributed by atoms with Crippen LogP contribution in [0, 0.1) is 12.3 Å². The summed E-state index contributed by atoms with van der Waals surface area (Å²) in [6.45, 7) is 8.31. The Bertz CT molecular complexity index is 346. The maximum atomic E-state index is 5.56. The van der Waals surface area contributed by atoms with E-state index in [2.05, 4.69) is 30.5 Å². The van der Waals surface area contributed by atoms with Crippen molar-refractivity contribution < 1.29 is 4.74 Å². The van der Waals surface area contributed by atoms with Crippen LogP contribution in [-0.2, 0) is 11.5 Å². The minimum Gasteiger partial charge on any atom is -0.361 e. The second-order valence-corrected chi connectivity index (χ2v) is 10.3. The molecule has 0 spiro atoms. The molecule has 0 amide bonds. The summed E-state index contributed by atoms with van der Waals surface area (Å²) in [5.74, 6) is 3.14. The fraction of sp³-hybridized carbons (Fsp3) is 0.545. The van der Waals surface area contributed by atoms with E-state index in [9.17, 15) is 0 Å². The van der Waals surface area contributed by atoms with E-state index in [1.54, 1.807) is 6.20 Å². The molecule has 1 heterocycles. The zero-order valence-electron chi connectivity index (χ0n) is 9.66. The smallest absolute Gasteiger partial charge is 0.186 e. The Morgan fingerprint density at radius 1 is 1.53 bits per heavy atom. The molecule has 4 heteroatoms. The van der Waals surface area contributed by atoms with Gasteiger partial charge >= 0.3 is 0 Å². The van der Waals surface area contributed by atoms with Crippen LogP contribution < -0.4 is 0 Å². The first-order valence-electron chi connectivity index (χ1n) is 5.08. The number of hydrogen-bond acceptors (Lipinski definition) is 2. The van der Waals surface area contributed by atoms with Crippen LogP contribution in [0.2, 0.25) is 25.7 Å². The van der Waals surface area contributed by atoms with Gasteiger partial charge in [-0.1, -0.05) is 19.6 Å². The van der Waals surface area contributed by atoms with Crippen LogP contribution in [0.1, 0.15) is 5.82 Å². The average Bonchev–Trinajstić information content (AvgIpc) is 2.58. The molecule has 0 aliphatic heterocycles. The minimum absolute atomic E-state index is 0.504. The van der Waals surface area contributed by atoms with E-state index in [0.717, 1.165) is 6.61 Å². The molecular formula is C11H18N2OSi. The number of terminal acetylenes is 1. The highest BCUT2D eigenvalue weighted by molar-refractivity contribution is 6.76. The molecule has 0 N–H and O–H groups in total. The molecule has 1 rings (SSSR count). The van der Waals surface area contributed by atoms with Crippen molar-refractivity contribution in [2.75, 3.05) is 6.61 Å². The van der Waals surface area contributed by atoms with E-state index in [1.807, 2.05) is 10.8 Å². The van der Waals surface area contributed by atoms with Crippen LogP contribution in [0.25, 0.3) is 0 Å². The quantitative estimate of drug-likeness (QED) is 0.434. The molecule has 0 saturated carbocycles. The number of imidazole rings is 1. The lowest BCUT2D eigenvalue weighted by Crippen LogP contribution is -2.22. The molecule has 0 saturated heterocycles. The molecule has 3 nitrogen and oxygen atoms in total. The van der Waals surface area contributed by atoms with Crippen molar-refractivity contribution in [3.8, 4) is 12.3 Å². The first-order chi connectivity index (χ1) is 7.03. The summed E-state index contributed by atoms with van der Waals surface area (Å²) < 4.78 is 7.40. The highest BCUT2D eigenvalue weighted by Gasteiger charge is 2.12. The van der Waals surface area contributed by atoms with E-state index >= 15 is 0 Å². The Hall–Kier alpha value is -1.05. The predicted molar refractivity (Wildman–Crippen MR) is 64.3 cm³/mol. The minimum atomic E-state index is -0.991. The first kappa shape index (κ1) is 12.0. The number of ether oxygens (including phenoxy) is 1. The fourth-order valence-corrected chi connectivity index (χ4v) is 1.85. The van der Waals surface area contributed by atoms with E-state index < -0.39 is 8.07 Å². The standard InChI is InChI=1S/C11H18N2OSi/c1-5-11-12-6-7-13(11)10-14-8-9-15(2,3)4/h1,6-7H,8-10H2,2-4H3. The largest absolute Gasteiger partial charge is 0.361 e. The summed E-state index contributed by atoms with van der Waals surface area (Å²) in [7, 11) is -0.991. The van der Waals surface area contributed by atoms with Crippen molar-refractivity contribution in [1.82, 2.24) is 9.55 Å². The van der Waals surface area contributed by atoms with E-state index in [-0.39, 0.29) is 0 Å². The van der Waals surface area contributed by atoms with Gasteiger partial charge in [0.1, 0.15) is 6.73 Å². The summed E-state index contributed by atoms with van der Waals surface area (Å²) in [5.41, 5.74) is 0. The van der Waals surface area contributed by atoms with Crippen molar-refractivity contribution in [3.63, 3.8) is 0 Å². The van der Waals surface area contributed by atoms with Crippen LogP contribution in [0.15, 0.2) is 12.4 Å². The lowest BCUT2D eigenvalue weighted by molar-refractivity contribution is 0.0866. The Morgan fingerprint density at radius 3 is 2.87 bits per heavy atom. The van der Waals surface area contributed by atoms with Gasteiger partial charge in [0, 0.05) is 27.1 Å². The van der Waals surface area contributed by atoms with Crippen LogP contribution >= 0.6 is 0 Å². The van der Waals surface area contributed by atoms with Crippen LogP contribution in [0.5, 0.6) is 0 Å². The van der Waals surface area contributed by atoms with Crippen LogP contribution in [0.3, 0.4) is 0 Å². The number of aromatic nitrogens is 2. The van der Waals surface area contributed by atoms with Crippen molar-refractivity contribution >= 4 is 8.07 Å². The van der Waals surface area contributed by atoms with Crippen molar-refractivity contribution in [1.29, 1.82) is 0 Å². The molecule has 15 heavy (non-hydrogen) atoms. The lowest BCUT2D eigenvalue weighted by Gasteiger charge is -2.15. The van der Waals surface area contributed by atoms with E-state index in [1.165, 1.54) is 6.04 Å². The summed E-state index contributed by atoms with van der Waals surface area (Å²) in [6.07, 6.45) is 8.82. The van der Waals surface area contributed by atoms with Crippen molar-refractivity contribution in [3.05, 3.63) is 18.2 Å². The fourth-order valence-electron chi connectivity index (χ4n) is 1.09. The third-order valence-corrected chi connectivity index (χ3v) is 3.78. The predicted octanol–water partition coefficient (Wildman–Crippen LogP) is 2.18. The van der Waals surface area contributed by atoms with Crippen LogP contribution in [0.4, 0.5) is 0 Å². The van der Waals surface area contributed by atoms with Gasteiger partial charge < -0.3 is 9.30 Å². The molecule has 0 aliphatic carbocycles. The monoisotopic (exact) mass is 222 g/mol. The average molecular weight is 222 g/mol. The summed E-state index contributed by atoms with van der Waals surface area (Å²) >= 11 is 0. The molecule has 0 aliphatic rings. The zero-order chi connectivity index (χ0) is 11.3. The summed E-state index contributed by atoms with van der Waals surface area (Å²) in [4.78, 5) is 4.02. The zero-order valence-corrected chi connectivity index (χ0v) is 10.7. The molecule has 1 aromatic heterocycles. The van der Waals surface area contributed by atoms with Gasteiger partial charge in [0.15, 0.2) is 5.82 Å². The molecule has 0 radical (unpaired) electrons. The number of rotatable bonds is 5. The lowest BCUT2D eigenvalue weighted by atomic mass is 10.6.